The molecule has 4 fully saturated rings. The molecule has 1 N–H and O–H groups in total. The monoisotopic (exact) mass is 270 g/mol. The number of phenolic OH excluding ortho intramolecular Hbond substituents is 1. The second-order valence-corrected chi connectivity index (χ2v) is 8.93. The predicted molar refractivity (Wildman–Crippen MR) is 81.9 cm³/mol. The lowest BCUT2D eigenvalue weighted by atomic mass is 9.39. The summed E-state index contributed by atoms with van der Waals surface area (Å²) in [4.78, 5) is 0. The van der Waals surface area contributed by atoms with Crippen LogP contribution in [0.25, 0.3) is 0 Å². The summed E-state index contributed by atoms with van der Waals surface area (Å²) < 4.78 is 0. The van der Waals surface area contributed by atoms with Crippen molar-refractivity contribution in [3.8, 4) is 5.75 Å². The molecule has 0 aliphatic heterocycles. The molecule has 0 radical (unpaired) electrons. The van der Waals surface area contributed by atoms with Crippen LogP contribution >= 0.6 is 0 Å². The normalized spacial score (nSPS) is 45.9. The van der Waals surface area contributed by atoms with Gasteiger partial charge in [0.25, 0.3) is 0 Å². The molecule has 0 aromatic heterocycles. The molecule has 1 nitrogen and oxygen atoms in total. The lowest BCUT2D eigenvalue weighted by molar-refractivity contribution is -0.110. The molecule has 4 bridgehead atoms. The molecule has 1 aromatic rings. The highest BCUT2D eigenvalue weighted by molar-refractivity contribution is 5.43. The first-order valence-electron chi connectivity index (χ1n) is 8.12. The van der Waals surface area contributed by atoms with E-state index < -0.39 is 0 Å². The molecule has 0 spiro atoms. The molecule has 4 aliphatic rings. The summed E-state index contributed by atoms with van der Waals surface area (Å²) in [7, 11) is 0. The Morgan fingerprint density at radius 1 is 1.00 bits per heavy atom. The van der Waals surface area contributed by atoms with Crippen LogP contribution in [-0.2, 0) is 5.41 Å². The quantitative estimate of drug-likeness (QED) is 0.765. The second kappa shape index (κ2) is 3.61. The summed E-state index contributed by atoms with van der Waals surface area (Å²) in [5.74, 6) is 1.41. The number of aryl methyl sites for hydroxylation is 1. The van der Waals surface area contributed by atoms with Crippen LogP contribution in [0.3, 0.4) is 0 Å². The van der Waals surface area contributed by atoms with Gasteiger partial charge in [0.05, 0.1) is 0 Å². The number of phenols is 1. The van der Waals surface area contributed by atoms with Crippen molar-refractivity contribution in [2.75, 3.05) is 0 Å². The van der Waals surface area contributed by atoms with Gasteiger partial charge in [-0.05, 0) is 68.3 Å². The Kier molecular flexibility index (Phi) is 2.30. The Labute approximate surface area is 122 Å². The van der Waals surface area contributed by atoms with Crippen LogP contribution in [0.1, 0.15) is 63.5 Å². The van der Waals surface area contributed by atoms with Crippen molar-refractivity contribution in [3.05, 3.63) is 29.3 Å². The summed E-state index contributed by atoms with van der Waals surface area (Å²) in [6.45, 7) is 7.14. The van der Waals surface area contributed by atoms with E-state index in [1.165, 1.54) is 49.7 Å². The van der Waals surface area contributed by atoms with Gasteiger partial charge in [0.2, 0.25) is 0 Å². The summed E-state index contributed by atoms with van der Waals surface area (Å²) in [6, 6.07) is 6.20. The third-order valence-corrected chi connectivity index (χ3v) is 6.35. The van der Waals surface area contributed by atoms with Crippen molar-refractivity contribution in [2.45, 2.75) is 64.7 Å². The number of aromatic hydroxyl groups is 1. The maximum Gasteiger partial charge on any atom is 0.119 e. The van der Waals surface area contributed by atoms with Crippen LogP contribution < -0.4 is 0 Å². The molecule has 0 amide bonds. The molecular formula is C19H26O. The fourth-order valence-corrected chi connectivity index (χ4v) is 6.82. The number of rotatable bonds is 1. The van der Waals surface area contributed by atoms with Crippen LogP contribution in [-0.4, -0.2) is 5.11 Å². The van der Waals surface area contributed by atoms with Crippen molar-refractivity contribution in [1.82, 2.24) is 0 Å². The number of hydrogen-bond donors (Lipinski definition) is 1. The first kappa shape index (κ1) is 12.7. The molecule has 4 saturated carbocycles. The van der Waals surface area contributed by atoms with Gasteiger partial charge < -0.3 is 5.11 Å². The van der Waals surface area contributed by atoms with E-state index in [2.05, 4.69) is 26.8 Å². The Morgan fingerprint density at radius 2 is 1.65 bits per heavy atom. The van der Waals surface area contributed by atoms with Crippen molar-refractivity contribution >= 4 is 0 Å². The van der Waals surface area contributed by atoms with Crippen molar-refractivity contribution in [3.63, 3.8) is 0 Å². The summed E-state index contributed by atoms with van der Waals surface area (Å²) in [5.41, 5.74) is 3.79. The number of benzene rings is 1. The Hall–Kier alpha value is -0.980. The minimum atomic E-state index is 0.249. The highest BCUT2D eigenvalue weighted by Gasteiger charge is 2.60. The molecule has 0 unspecified atom stereocenters. The molecule has 1 heteroatoms. The van der Waals surface area contributed by atoms with Gasteiger partial charge in [0.15, 0.2) is 0 Å². The maximum atomic E-state index is 10.5. The third kappa shape index (κ3) is 1.68. The lowest BCUT2D eigenvalue weighted by Gasteiger charge is -2.65. The molecule has 4 atom stereocenters. The highest BCUT2D eigenvalue weighted by atomic mass is 16.3. The average Bonchev–Trinajstić information content (AvgIpc) is 2.27. The standard InChI is InChI=1S/C19H26O/c1-13-4-5-16(20)15(6-13)19-9-14-7-17(2,11-19)10-18(3,8-14)12-19/h4-6,14,20H,7-12H2,1-3H3/t14-,17+,18-,19-. The minimum Gasteiger partial charge on any atom is -0.508 e. The van der Waals surface area contributed by atoms with Gasteiger partial charge in [-0.2, -0.15) is 0 Å². The SMILES string of the molecule is Cc1ccc(O)c([C@@]23C[C@@H]4C[C@@](C)(C[C@@](C)(C4)C2)C3)c1. The topological polar surface area (TPSA) is 20.2 Å². The van der Waals surface area contributed by atoms with E-state index in [0.29, 0.717) is 16.6 Å². The molecule has 0 heterocycles. The van der Waals surface area contributed by atoms with E-state index in [0.717, 1.165) is 5.92 Å². The van der Waals surface area contributed by atoms with Crippen LogP contribution in [0, 0.1) is 23.7 Å². The second-order valence-electron chi connectivity index (χ2n) is 8.93. The predicted octanol–water partition coefficient (Wildman–Crippen LogP) is 4.95. The van der Waals surface area contributed by atoms with E-state index >= 15 is 0 Å². The van der Waals surface area contributed by atoms with E-state index in [-0.39, 0.29) is 5.41 Å². The summed E-state index contributed by atoms with van der Waals surface area (Å²) in [5, 5.41) is 10.5. The largest absolute Gasteiger partial charge is 0.508 e. The van der Waals surface area contributed by atoms with Crippen LogP contribution in [0.15, 0.2) is 18.2 Å². The number of hydrogen-bond acceptors (Lipinski definition) is 1. The smallest absolute Gasteiger partial charge is 0.119 e. The molecule has 1 aromatic carbocycles. The molecule has 108 valence electrons. The van der Waals surface area contributed by atoms with E-state index in [4.69, 9.17) is 0 Å². The Bertz CT molecular complexity index is 555. The zero-order chi connectivity index (χ0) is 14.2. The van der Waals surface area contributed by atoms with Crippen molar-refractivity contribution in [1.29, 1.82) is 0 Å². The zero-order valence-corrected chi connectivity index (χ0v) is 13.0. The van der Waals surface area contributed by atoms with Crippen LogP contribution in [0.4, 0.5) is 0 Å². The van der Waals surface area contributed by atoms with E-state index in [9.17, 15) is 5.11 Å². The van der Waals surface area contributed by atoms with Gasteiger partial charge in [-0.15, -0.1) is 0 Å². The van der Waals surface area contributed by atoms with E-state index in [1.54, 1.807) is 0 Å². The van der Waals surface area contributed by atoms with Gasteiger partial charge >= 0.3 is 0 Å². The van der Waals surface area contributed by atoms with Gasteiger partial charge in [0, 0.05) is 11.0 Å². The zero-order valence-electron chi connectivity index (χ0n) is 13.0. The first-order valence-corrected chi connectivity index (χ1v) is 8.12. The molecular weight excluding hydrogens is 244 g/mol. The third-order valence-electron chi connectivity index (χ3n) is 6.35. The highest BCUT2D eigenvalue weighted by Crippen LogP contribution is 2.70. The average molecular weight is 270 g/mol. The summed E-state index contributed by atoms with van der Waals surface area (Å²) in [6.07, 6.45) is 8.08. The van der Waals surface area contributed by atoms with Crippen LogP contribution in [0.2, 0.25) is 0 Å². The van der Waals surface area contributed by atoms with E-state index in [1.807, 2.05) is 12.1 Å². The molecule has 5 rings (SSSR count). The lowest BCUT2D eigenvalue weighted by Crippen LogP contribution is -2.56. The van der Waals surface area contributed by atoms with Crippen LogP contribution in [0.5, 0.6) is 5.75 Å². The first-order chi connectivity index (χ1) is 9.32. The maximum absolute atomic E-state index is 10.5. The fourth-order valence-electron chi connectivity index (χ4n) is 6.82. The van der Waals surface area contributed by atoms with Gasteiger partial charge in [-0.25, -0.2) is 0 Å². The molecule has 0 saturated heterocycles. The Morgan fingerprint density at radius 3 is 2.25 bits per heavy atom. The summed E-state index contributed by atoms with van der Waals surface area (Å²) >= 11 is 0. The van der Waals surface area contributed by atoms with Crippen molar-refractivity contribution in [2.24, 2.45) is 16.7 Å². The van der Waals surface area contributed by atoms with Crippen molar-refractivity contribution < 1.29 is 5.11 Å². The Balaban J connectivity index is 1.86. The van der Waals surface area contributed by atoms with Gasteiger partial charge in [-0.3, -0.25) is 0 Å². The van der Waals surface area contributed by atoms with Gasteiger partial charge in [-0.1, -0.05) is 31.5 Å². The minimum absolute atomic E-state index is 0.249. The fraction of sp³-hybridized carbons (Fsp3) is 0.684. The molecule has 4 aliphatic carbocycles. The molecule has 20 heavy (non-hydrogen) atoms. The van der Waals surface area contributed by atoms with Gasteiger partial charge in [0.1, 0.15) is 5.75 Å².